The molecule has 7 heteroatoms. The van der Waals surface area contributed by atoms with Gasteiger partial charge in [0.1, 0.15) is 0 Å². The van der Waals surface area contributed by atoms with Crippen LogP contribution in [0.2, 0.25) is 0 Å². The number of carbonyl (C=O) groups excluding carboxylic acids is 2. The van der Waals surface area contributed by atoms with Crippen molar-refractivity contribution < 1.29 is 9.59 Å². The number of fused-ring (bicyclic) bond motifs is 1. The molecule has 1 aromatic rings. The predicted molar refractivity (Wildman–Crippen MR) is 97.8 cm³/mol. The second kappa shape index (κ2) is 7.40. The summed E-state index contributed by atoms with van der Waals surface area (Å²) >= 11 is 0. The minimum absolute atomic E-state index is 0. The number of hydrogen-bond acceptors (Lipinski definition) is 3. The van der Waals surface area contributed by atoms with Gasteiger partial charge in [-0.15, -0.1) is 12.4 Å². The van der Waals surface area contributed by atoms with E-state index in [9.17, 15) is 9.59 Å². The maximum absolute atomic E-state index is 12.4. The van der Waals surface area contributed by atoms with E-state index in [1.54, 1.807) is 4.90 Å². The lowest BCUT2D eigenvalue weighted by atomic mass is 9.98. The van der Waals surface area contributed by atoms with E-state index in [0.29, 0.717) is 18.8 Å². The van der Waals surface area contributed by atoms with Gasteiger partial charge >= 0.3 is 6.03 Å². The molecule has 0 spiro atoms. The number of urea groups is 1. The van der Waals surface area contributed by atoms with Gasteiger partial charge in [-0.2, -0.15) is 0 Å². The first-order chi connectivity index (χ1) is 11.0. The number of carbonyl (C=O) groups is 2. The van der Waals surface area contributed by atoms with E-state index in [0.717, 1.165) is 43.4 Å². The fraction of sp³-hybridized carbons (Fsp3) is 0.529. The highest BCUT2D eigenvalue weighted by Crippen LogP contribution is 2.32. The molecule has 3 rings (SSSR count). The van der Waals surface area contributed by atoms with Crippen LogP contribution in [-0.2, 0) is 11.2 Å². The molecule has 0 radical (unpaired) electrons. The molecule has 2 aliphatic rings. The third kappa shape index (κ3) is 3.49. The van der Waals surface area contributed by atoms with E-state index >= 15 is 0 Å². The number of rotatable bonds is 3. The fourth-order valence-electron chi connectivity index (χ4n) is 3.40. The van der Waals surface area contributed by atoms with Crippen LogP contribution in [-0.4, -0.2) is 30.6 Å². The van der Waals surface area contributed by atoms with Gasteiger partial charge in [0.2, 0.25) is 5.91 Å². The van der Waals surface area contributed by atoms with E-state index in [2.05, 4.69) is 10.6 Å². The van der Waals surface area contributed by atoms with Crippen LogP contribution < -0.4 is 21.3 Å². The number of nitrogens with one attached hydrogen (secondary N) is 2. The molecule has 1 aliphatic carbocycles. The SMILES string of the molecule is CCNC(=O)N1CCc2ccc(NC(=O)C3(N)CCCC3)cc21.Cl. The molecule has 1 heterocycles. The number of hydrogen-bond donors (Lipinski definition) is 3. The normalized spacial score (nSPS) is 17.8. The van der Waals surface area contributed by atoms with Crippen LogP contribution in [0.15, 0.2) is 18.2 Å². The Kier molecular flexibility index (Phi) is 5.72. The average Bonchev–Trinajstić information content (AvgIpc) is 3.14. The molecule has 0 saturated heterocycles. The van der Waals surface area contributed by atoms with Gasteiger partial charge in [-0.3, -0.25) is 9.69 Å². The Labute approximate surface area is 148 Å². The average molecular weight is 353 g/mol. The Balaban J connectivity index is 0.00000208. The Morgan fingerprint density at radius 1 is 1.29 bits per heavy atom. The minimum atomic E-state index is -0.752. The molecular formula is C17H25ClN4O2. The first-order valence-corrected chi connectivity index (χ1v) is 8.32. The van der Waals surface area contributed by atoms with Crippen molar-refractivity contribution in [1.82, 2.24) is 5.32 Å². The van der Waals surface area contributed by atoms with Crippen molar-refractivity contribution in [2.75, 3.05) is 23.3 Å². The van der Waals surface area contributed by atoms with Crippen LogP contribution in [0.4, 0.5) is 16.2 Å². The van der Waals surface area contributed by atoms with Gasteiger partial charge in [0.15, 0.2) is 0 Å². The first-order valence-electron chi connectivity index (χ1n) is 8.32. The number of nitrogens with two attached hydrogens (primary N) is 1. The third-order valence-corrected chi connectivity index (χ3v) is 4.76. The summed E-state index contributed by atoms with van der Waals surface area (Å²) < 4.78 is 0. The van der Waals surface area contributed by atoms with Gasteiger partial charge in [0, 0.05) is 18.8 Å². The molecule has 1 fully saturated rings. The van der Waals surface area contributed by atoms with Crippen molar-refractivity contribution in [3.05, 3.63) is 23.8 Å². The zero-order chi connectivity index (χ0) is 16.4. The second-order valence-electron chi connectivity index (χ2n) is 6.40. The van der Waals surface area contributed by atoms with Crippen molar-refractivity contribution in [3.8, 4) is 0 Å². The van der Waals surface area contributed by atoms with Crippen molar-refractivity contribution >= 4 is 35.7 Å². The van der Waals surface area contributed by atoms with Gasteiger partial charge in [-0.05, 0) is 43.9 Å². The van der Waals surface area contributed by atoms with E-state index in [-0.39, 0.29) is 24.3 Å². The zero-order valence-corrected chi connectivity index (χ0v) is 14.7. The molecule has 1 saturated carbocycles. The largest absolute Gasteiger partial charge is 0.338 e. The quantitative estimate of drug-likeness (QED) is 0.780. The number of halogens is 1. The van der Waals surface area contributed by atoms with Gasteiger partial charge in [-0.1, -0.05) is 18.9 Å². The summed E-state index contributed by atoms with van der Waals surface area (Å²) in [7, 11) is 0. The molecule has 132 valence electrons. The topological polar surface area (TPSA) is 87.5 Å². The van der Waals surface area contributed by atoms with Crippen molar-refractivity contribution in [2.45, 2.75) is 44.6 Å². The smallest absolute Gasteiger partial charge is 0.321 e. The molecule has 0 atom stereocenters. The summed E-state index contributed by atoms with van der Waals surface area (Å²) in [6.45, 7) is 3.16. The summed E-state index contributed by atoms with van der Waals surface area (Å²) in [6, 6.07) is 5.63. The minimum Gasteiger partial charge on any atom is -0.338 e. The Hall–Kier alpha value is -1.79. The maximum Gasteiger partial charge on any atom is 0.321 e. The standard InChI is InChI=1S/C17H24N4O2.ClH/c1-2-19-16(23)21-10-7-12-5-6-13(11-14(12)21)20-15(22)17(18)8-3-4-9-17;/h5-6,11H,2-4,7-10,18H2,1H3,(H,19,23)(H,20,22);1H. The second-order valence-corrected chi connectivity index (χ2v) is 6.40. The molecule has 0 unspecified atom stereocenters. The molecule has 6 nitrogen and oxygen atoms in total. The van der Waals surface area contributed by atoms with Crippen LogP contribution in [0.3, 0.4) is 0 Å². The number of amides is 3. The lowest BCUT2D eigenvalue weighted by Gasteiger charge is -2.23. The predicted octanol–water partition coefficient (Wildman–Crippen LogP) is 2.41. The highest BCUT2D eigenvalue weighted by atomic mass is 35.5. The van der Waals surface area contributed by atoms with E-state index in [4.69, 9.17) is 5.73 Å². The highest BCUT2D eigenvalue weighted by molar-refractivity contribution is 6.00. The van der Waals surface area contributed by atoms with E-state index in [1.807, 2.05) is 25.1 Å². The van der Waals surface area contributed by atoms with Crippen LogP contribution in [0.1, 0.15) is 38.2 Å². The monoisotopic (exact) mass is 352 g/mol. The van der Waals surface area contributed by atoms with Crippen LogP contribution in [0.25, 0.3) is 0 Å². The van der Waals surface area contributed by atoms with Gasteiger partial charge in [0.25, 0.3) is 0 Å². The van der Waals surface area contributed by atoms with E-state index in [1.165, 1.54) is 0 Å². The molecular weight excluding hydrogens is 328 g/mol. The van der Waals surface area contributed by atoms with Gasteiger partial charge in [-0.25, -0.2) is 4.79 Å². The Bertz CT molecular complexity index is 629. The molecule has 24 heavy (non-hydrogen) atoms. The van der Waals surface area contributed by atoms with Crippen molar-refractivity contribution in [3.63, 3.8) is 0 Å². The number of nitrogens with zero attached hydrogens (tertiary/aromatic N) is 1. The molecule has 1 aromatic carbocycles. The van der Waals surface area contributed by atoms with Crippen LogP contribution in [0, 0.1) is 0 Å². The highest BCUT2D eigenvalue weighted by Gasteiger charge is 2.37. The van der Waals surface area contributed by atoms with Crippen LogP contribution >= 0.6 is 12.4 Å². The fourth-order valence-corrected chi connectivity index (χ4v) is 3.40. The van der Waals surface area contributed by atoms with E-state index < -0.39 is 5.54 Å². The molecule has 0 bridgehead atoms. The lowest BCUT2D eigenvalue weighted by Crippen LogP contribution is -2.48. The number of benzene rings is 1. The summed E-state index contributed by atoms with van der Waals surface area (Å²) in [5.74, 6) is -0.127. The molecule has 0 aromatic heterocycles. The Morgan fingerprint density at radius 2 is 2.00 bits per heavy atom. The first kappa shape index (κ1) is 18.5. The molecule has 1 aliphatic heterocycles. The van der Waals surface area contributed by atoms with Crippen LogP contribution in [0.5, 0.6) is 0 Å². The van der Waals surface area contributed by atoms with Crippen molar-refractivity contribution in [2.24, 2.45) is 5.73 Å². The van der Waals surface area contributed by atoms with Gasteiger partial charge < -0.3 is 16.4 Å². The number of anilines is 2. The molecule has 4 N–H and O–H groups in total. The summed E-state index contributed by atoms with van der Waals surface area (Å²) in [6.07, 6.45) is 4.29. The third-order valence-electron chi connectivity index (χ3n) is 4.76. The van der Waals surface area contributed by atoms with Gasteiger partial charge in [0.05, 0.1) is 11.2 Å². The summed E-state index contributed by atoms with van der Waals surface area (Å²) in [4.78, 5) is 26.3. The molecule has 3 amide bonds. The van der Waals surface area contributed by atoms with Crippen molar-refractivity contribution in [1.29, 1.82) is 0 Å². The summed E-state index contributed by atoms with van der Waals surface area (Å²) in [5.41, 5.74) is 8.13. The maximum atomic E-state index is 12.4. The summed E-state index contributed by atoms with van der Waals surface area (Å²) in [5, 5.41) is 5.74. The Morgan fingerprint density at radius 3 is 2.67 bits per heavy atom. The zero-order valence-electron chi connectivity index (χ0n) is 13.9. The lowest BCUT2D eigenvalue weighted by molar-refractivity contribution is -0.121.